The predicted octanol–water partition coefficient (Wildman–Crippen LogP) is 2.46. The molecule has 0 aromatic heterocycles. The molecule has 0 radical (unpaired) electrons. The Morgan fingerprint density at radius 2 is 1.56 bits per heavy atom. The van der Waals surface area contributed by atoms with Crippen molar-refractivity contribution in [3.05, 3.63) is 0 Å². The van der Waals surface area contributed by atoms with Gasteiger partial charge in [-0.1, -0.05) is 34.6 Å². The van der Waals surface area contributed by atoms with Crippen LogP contribution < -0.4 is 5.32 Å². The highest BCUT2D eigenvalue weighted by Gasteiger charge is 2.19. The summed E-state index contributed by atoms with van der Waals surface area (Å²) < 4.78 is 0. The zero-order chi connectivity index (χ0) is 12.1. The summed E-state index contributed by atoms with van der Waals surface area (Å²) in [5, 5.41) is 3.56. The maximum Gasteiger partial charge on any atom is 0.00194 e. The molecular weight excluding hydrogens is 196 g/mol. The van der Waals surface area contributed by atoms with Gasteiger partial charge in [0.2, 0.25) is 0 Å². The van der Waals surface area contributed by atoms with Crippen LogP contribution in [0.25, 0.3) is 0 Å². The number of nitrogens with zero attached hydrogens (tertiary/aromatic N) is 1. The molecule has 2 heteroatoms. The van der Waals surface area contributed by atoms with Crippen molar-refractivity contribution in [1.82, 2.24) is 10.2 Å². The molecule has 16 heavy (non-hydrogen) atoms. The van der Waals surface area contributed by atoms with Gasteiger partial charge >= 0.3 is 0 Å². The SMILES string of the molecule is CC1CNCC(C)CN(CC(C)C(C)C)C1. The van der Waals surface area contributed by atoms with E-state index in [4.69, 9.17) is 0 Å². The monoisotopic (exact) mass is 226 g/mol. The quantitative estimate of drug-likeness (QED) is 0.795. The Hall–Kier alpha value is -0.0800. The van der Waals surface area contributed by atoms with Gasteiger partial charge in [-0.3, -0.25) is 0 Å². The normalized spacial score (nSPS) is 31.1. The first kappa shape index (κ1) is 14.0. The van der Waals surface area contributed by atoms with E-state index in [0.29, 0.717) is 0 Å². The topological polar surface area (TPSA) is 15.3 Å². The van der Waals surface area contributed by atoms with Gasteiger partial charge in [0, 0.05) is 19.6 Å². The molecule has 0 amide bonds. The summed E-state index contributed by atoms with van der Waals surface area (Å²) in [6.07, 6.45) is 0. The summed E-state index contributed by atoms with van der Waals surface area (Å²) in [5.41, 5.74) is 0. The molecule has 0 aliphatic carbocycles. The second-order valence-electron chi connectivity index (χ2n) is 6.31. The number of nitrogens with one attached hydrogen (secondary N) is 1. The van der Waals surface area contributed by atoms with Crippen molar-refractivity contribution in [2.75, 3.05) is 32.7 Å². The third-order valence-corrected chi connectivity index (χ3v) is 3.81. The van der Waals surface area contributed by atoms with Crippen LogP contribution in [-0.4, -0.2) is 37.6 Å². The second kappa shape index (κ2) is 6.61. The molecule has 0 saturated carbocycles. The lowest BCUT2D eigenvalue weighted by atomic mass is 9.96. The maximum absolute atomic E-state index is 3.56. The minimum atomic E-state index is 0.784. The Labute approximate surface area is 102 Å². The van der Waals surface area contributed by atoms with Gasteiger partial charge in [-0.2, -0.15) is 0 Å². The lowest BCUT2D eigenvalue weighted by molar-refractivity contribution is 0.151. The van der Waals surface area contributed by atoms with E-state index >= 15 is 0 Å². The Balaban J connectivity index is 2.46. The molecule has 1 N–H and O–H groups in total. The summed E-state index contributed by atoms with van der Waals surface area (Å²) in [4.78, 5) is 2.68. The highest BCUT2D eigenvalue weighted by Crippen LogP contribution is 2.15. The molecular formula is C14H30N2. The van der Waals surface area contributed by atoms with E-state index in [-0.39, 0.29) is 0 Å². The number of hydrogen-bond donors (Lipinski definition) is 1. The largest absolute Gasteiger partial charge is 0.316 e. The minimum absolute atomic E-state index is 0.784. The maximum atomic E-state index is 3.56. The first-order valence-corrected chi connectivity index (χ1v) is 6.92. The third kappa shape index (κ3) is 4.84. The first-order valence-electron chi connectivity index (χ1n) is 6.92. The highest BCUT2D eigenvalue weighted by molar-refractivity contribution is 4.75. The van der Waals surface area contributed by atoms with Crippen LogP contribution >= 0.6 is 0 Å². The van der Waals surface area contributed by atoms with Crippen molar-refractivity contribution in [1.29, 1.82) is 0 Å². The molecule has 3 atom stereocenters. The lowest BCUT2D eigenvalue weighted by Crippen LogP contribution is -2.44. The molecule has 0 spiro atoms. The Kier molecular flexibility index (Phi) is 5.77. The molecule has 0 aromatic rings. The van der Waals surface area contributed by atoms with E-state index < -0.39 is 0 Å². The fourth-order valence-electron chi connectivity index (χ4n) is 2.43. The van der Waals surface area contributed by atoms with Crippen molar-refractivity contribution in [2.24, 2.45) is 23.7 Å². The van der Waals surface area contributed by atoms with Gasteiger partial charge in [0.1, 0.15) is 0 Å². The second-order valence-corrected chi connectivity index (χ2v) is 6.31. The van der Waals surface area contributed by atoms with Crippen LogP contribution in [0.2, 0.25) is 0 Å². The average molecular weight is 226 g/mol. The van der Waals surface area contributed by atoms with Gasteiger partial charge in [-0.15, -0.1) is 0 Å². The fourth-order valence-corrected chi connectivity index (χ4v) is 2.43. The summed E-state index contributed by atoms with van der Waals surface area (Å²) >= 11 is 0. The molecule has 1 rings (SSSR count). The van der Waals surface area contributed by atoms with Crippen LogP contribution in [-0.2, 0) is 0 Å². The molecule has 1 heterocycles. The molecule has 1 aliphatic heterocycles. The van der Waals surface area contributed by atoms with Crippen molar-refractivity contribution < 1.29 is 0 Å². The smallest absolute Gasteiger partial charge is 0.00194 e. The standard InChI is InChI=1S/C14H30N2/c1-11(2)14(5)10-16-8-12(3)6-15-7-13(4)9-16/h11-15H,6-10H2,1-5H3. The lowest BCUT2D eigenvalue weighted by Gasteiger charge is -2.34. The van der Waals surface area contributed by atoms with E-state index in [2.05, 4.69) is 44.8 Å². The van der Waals surface area contributed by atoms with E-state index in [0.717, 1.165) is 23.7 Å². The summed E-state index contributed by atoms with van der Waals surface area (Å²) in [6.45, 7) is 17.9. The van der Waals surface area contributed by atoms with Gasteiger partial charge in [-0.05, 0) is 36.8 Å². The summed E-state index contributed by atoms with van der Waals surface area (Å²) in [7, 11) is 0. The third-order valence-electron chi connectivity index (χ3n) is 3.81. The molecule has 1 fully saturated rings. The molecule has 0 bridgehead atoms. The van der Waals surface area contributed by atoms with Crippen LogP contribution in [0.3, 0.4) is 0 Å². The van der Waals surface area contributed by atoms with Gasteiger partial charge in [-0.25, -0.2) is 0 Å². The van der Waals surface area contributed by atoms with E-state index in [9.17, 15) is 0 Å². The van der Waals surface area contributed by atoms with E-state index in [1.165, 1.54) is 32.7 Å². The molecule has 96 valence electrons. The predicted molar refractivity (Wildman–Crippen MR) is 71.6 cm³/mol. The van der Waals surface area contributed by atoms with E-state index in [1.807, 2.05) is 0 Å². The Morgan fingerprint density at radius 3 is 2.00 bits per heavy atom. The van der Waals surface area contributed by atoms with Crippen molar-refractivity contribution in [2.45, 2.75) is 34.6 Å². The van der Waals surface area contributed by atoms with Crippen molar-refractivity contribution in [3.8, 4) is 0 Å². The van der Waals surface area contributed by atoms with Crippen LogP contribution in [0.15, 0.2) is 0 Å². The summed E-state index contributed by atoms with van der Waals surface area (Å²) in [6, 6.07) is 0. The first-order chi connectivity index (χ1) is 7.49. The van der Waals surface area contributed by atoms with Crippen LogP contribution in [0.4, 0.5) is 0 Å². The fraction of sp³-hybridized carbons (Fsp3) is 1.00. The van der Waals surface area contributed by atoms with Crippen LogP contribution in [0, 0.1) is 23.7 Å². The van der Waals surface area contributed by atoms with Gasteiger partial charge < -0.3 is 10.2 Å². The number of hydrogen-bond acceptors (Lipinski definition) is 2. The average Bonchev–Trinajstić information content (AvgIpc) is 2.14. The molecule has 1 aliphatic rings. The van der Waals surface area contributed by atoms with Crippen molar-refractivity contribution in [3.63, 3.8) is 0 Å². The van der Waals surface area contributed by atoms with Crippen molar-refractivity contribution >= 4 is 0 Å². The zero-order valence-electron chi connectivity index (χ0n) is 11.8. The zero-order valence-corrected chi connectivity index (χ0v) is 11.8. The van der Waals surface area contributed by atoms with E-state index in [1.54, 1.807) is 0 Å². The molecule has 3 unspecified atom stereocenters. The Bertz CT molecular complexity index is 179. The molecule has 1 saturated heterocycles. The minimum Gasteiger partial charge on any atom is -0.316 e. The van der Waals surface area contributed by atoms with Gasteiger partial charge in [0.15, 0.2) is 0 Å². The molecule has 0 aromatic carbocycles. The van der Waals surface area contributed by atoms with Gasteiger partial charge in [0.25, 0.3) is 0 Å². The Morgan fingerprint density at radius 1 is 1.06 bits per heavy atom. The van der Waals surface area contributed by atoms with Crippen LogP contribution in [0.5, 0.6) is 0 Å². The number of rotatable bonds is 3. The molecule has 2 nitrogen and oxygen atoms in total. The highest BCUT2D eigenvalue weighted by atomic mass is 15.1. The van der Waals surface area contributed by atoms with Gasteiger partial charge in [0.05, 0.1) is 0 Å². The summed E-state index contributed by atoms with van der Waals surface area (Å²) in [5.74, 6) is 3.18. The van der Waals surface area contributed by atoms with Crippen LogP contribution in [0.1, 0.15) is 34.6 Å².